The van der Waals surface area contributed by atoms with E-state index in [4.69, 9.17) is 16.7 Å². The van der Waals surface area contributed by atoms with Crippen molar-refractivity contribution in [2.75, 3.05) is 11.9 Å². The third kappa shape index (κ3) is 3.24. The fourth-order valence-corrected chi connectivity index (χ4v) is 2.67. The maximum absolute atomic E-state index is 11.2. The zero-order chi connectivity index (χ0) is 13.8. The minimum absolute atomic E-state index is 0.107. The van der Waals surface area contributed by atoms with Gasteiger partial charge in [0.2, 0.25) is 0 Å². The van der Waals surface area contributed by atoms with E-state index in [-0.39, 0.29) is 16.5 Å². The van der Waals surface area contributed by atoms with Crippen molar-refractivity contribution in [1.29, 1.82) is 0 Å². The number of carbonyl (C=O) groups is 1. The van der Waals surface area contributed by atoms with Crippen molar-refractivity contribution in [3.63, 3.8) is 0 Å². The van der Waals surface area contributed by atoms with Crippen molar-refractivity contribution in [2.24, 2.45) is 0 Å². The first-order valence-corrected chi connectivity index (χ1v) is 7.00. The summed E-state index contributed by atoms with van der Waals surface area (Å²) in [7, 11) is 0. The molecule has 0 bridgehead atoms. The largest absolute Gasteiger partial charge is 0.478 e. The number of halogens is 1. The Morgan fingerprint density at radius 1 is 1.58 bits per heavy atom. The van der Waals surface area contributed by atoms with Gasteiger partial charge >= 0.3 is 5.97 Å². The number of nitrogens with zero attached hydrogens (tertiary/aromatic N) is 1. The molecule has 0 radical (unpaired) electrons. The number of carboxylic acids is 1. The highest BCUT2D eigenvalue weighted by atomic mass is 35.5. The van der Waals surface area contributed by atoms with Crippen molar-refractivity contribution < 1.29 is 9.90 Å². The van der Waals surface area contributed by atoms with Crippen LogP contribution in [0.2, 0.25) is 5.02 Å². The molecule has 2 aromatic rings. The van der Waals surface area contributed by atoms with E-state index in [1.165, 1.54) is 0 Å². The highest BCUT2D eigenvalue weighted by Crippen LogP contribution is 2.25. The number of thiazole rings is 1. The van der Waals surface area contributed by atoms with Gasteiger partial charge in [-0.05, 0) is 12.1 Å². The zero-order valence-electron chi connectivity index (χ0n) is 10.3. The normalized spacial score (nSPS) is 12.1. The molecule has 0 saturated heterocycles. The van der Waals surface area contributed by atoms with Gasteiger partial charge in [0.15, 0.2) is 0 Å². The Morgan fingerprint density at radius 3 is 3.00 bits per heavy atom. The standard InChI is InChI=1S/C13H13ClN2O2S/c1-8(12-15-5-6-19-12)7-16-10-4-2-3-9(14)11(10)13(17)18/h2-6,8,16H,7H2,1H3,(H,17,18). The van der Waals surface area contributed by atoms with Gasteiger partial charge in [-0.15, -0.1) is 11.3 Å². The van der Waals surface area contributed by atoms with Gasteiger partial charge in [-0.25, -0.2) is 9.78 Å². The quantitative estimate of drug-likeness (QED) is 0.883. The number of aromatic nitrogens is 1. The summed E-state index contributed by atoms with van der Waals surface area (Å²) in [6.45, 7) is 2.64. The minimum atomic E-state index is -1.03. The van der Waals surface area contributed by atoms with Crippen LogP contribution in [-0.4, -0.2) is 22.6 Å². The molecular formula is C13H13ClN2O2S. The van der Waals surface area contributed by atoms with Gasteiger partial charge in [-0.2, -0.15) is 0 Å². The molecule has 100 valence electrons. The van der Waals surface area contributed by atoms with Crippen LogP contribution in [-0.2, 0) is 0 Å². The number of aromatic carboxylic acids is 1. The van der Waals surface area contributed by atoms with Gasteiger partial charge in [0.1, 0.15) is 5.56 Å². The van der Waals surface area contributed by atoms with Gasteiger partial charge in [0.25, 0.3) is 0 Å². The molecule has 0 amide bonds. The van der Waals surface area contributed by atoms with E-state index in [9.17, 15) is 4.79 Å². The van der Waals surface area contributed by atoms with Crippen molar-refractivity contribution in [3.8, 4) is 0 Å². The molecule has 0 fully saturated rings. The lowest BCUT2D eigenvalue weighted by atomic mass is 10.1. The first-order valence-electron chi connectivity index (χ1n) is 5.74. The predicted molar refractivity (Wildman–Crippen MR) is 77.4 cm³/mol. The summed E-state index contributed by atoms with van der Waals surface area (Å²) < 4.78 is 0. The smallest absolute Gasteiger partial charge is 0.339 e. The molecule has 0 aliphatic rings. The molecular weight excluding hydrogens is 284 g/mol. The molecule has 0 aliphatic carbocycles. The Hall–Kier alpha value is -1.59. The average Bonchev–Trinajstić information content (AvgIpc) is 2.89. The SMILES string of the molecule is CC(CNc1cccc(Cl)c1C(=O)O)c1nccs1. The average molecular weight is 297 g/mol. The summed E-state index contributed by atoms with van der Waals surface area (Å²) in [6, 6.07) is 5.01. The number of benzene rings is 1. The molecule has 4 nitrogen and oxygen atoms in total. The molecule has 1 atom stereocenters. The van der Waals surface area contributed by atoms with Crippen LogP contribution in [0.3, 0.4) is 0 Å². The number of hydrogen-bond acceptors (Lipinski definition) is 4. The van der Waals surface area contributed by atoms with Crippen LogP contribution in [0, 0.1) is 0 Å². The Labute approximate surface area is 120 Å². The monoisotopic (exact) mass is 296 g/mol. The van der Waals surface area contributed by atoms with Crippen LogP contribution in [0.5, 0.6) is 0 Å². The lowest BCUT2D eigenvalue weighted by Gasteiger charge is -2.13. The first-order chi connectivity index (χ1) is 9.09. The van der Waals surface area contributed by atoms with E-state index in [2.05, 4.69) is 10.3 Å². The fourth-order valence-electron chi connectivity index (χ4n) is 1.72. The van der Waals surface area contributed by atoms with E-state index in [0.717, 1.165) is 5.01 Å². The molecule has 0 spiro atoms. The zero-order valence-corrected chi connectivity index (χ0v) is 11.8. The number of anilines is 1. The van der Waals surface area contributed by atoms with Gasteiger partial charge < -0.3 is 10.4 Å². The van der Waals surface area contributed by atoms with E-state index >= 15 is 0 Å². The molecule has 6 heteroatoms. The summed E-state index contributed by atoms with van der Waals surface area (Å²) in [6.07, 6.45) is 1.76. The van der Waals surface area contributed by atoms with Crippen LogP contribution in [0.25, 0.3) is 0 Å². The second-order valence-corrected chi connectivity index (χ2v) is 5.45. The van der Waals surface area contributed by atoms with Crippen molar-refractivity contribution in [3.05, 3.63) is 45.4 Å². The van der Waals surface area contributed by atoms with Crippen molar-refractivity contribution in [1.82, 2.24) is 4.98 Å². The molecule has 19 heavy (non-hydrogen) atoms. The lowest BCUT2D eigenvalue weighted by Crippen LogP contribution is -2.12. The van der Waals surface area contributed by atoms with Crippen molar-refractivity contribution >= 4 is 34.6 Å². The summed E-state index contributed by atoms with van der Waals surface area (Å²) >= 11 is 7.49. The summed E-state index contributed by atoms with van der Waals surface area (Å²) in [5.74, 6) is -0.823. The Balaban J connectivity index is 2.12. The molecule has 0 saturated carbocycles. The molecule has 2 rings (SSSR count). The molecule has 1 unspecified atom stereocenters. The summed E-state index contributed by atoms with van der Waals surface area (Å²) in [4.78, 5) is 15.4. The van der Waals surface area contributed by atoms with Crippen molar-refractivity contribution in [2.45, 2.75) is 12.8 Å². The van der Waals surface area contributed by atoms with Crippen LogP contribution in [0.1, 0.15) is 28.2 Å². The summed E-state index contributed by atoms with van der Waals surface area (Å²) in [5.41, 5.74) is 0.638. The Morgan fingerprint density at radius 2 is 2.37 bits per heavy atom. The van der Waals surface area contributed by atoms with Gasteiger partial charge in [0, 0.05) is 24.0 Å². The Kier molecular flexibility index (Phi) is 4.39. The number of rotatable bonds is 5. The third-order valence-corrected chi connectivity index (χ3v) is 4.02. The molecule has 1 aromatic heterocycles. The molecule has 1 aromatic carbocycles. The molecule has 2 N–H and O–H groups in total. The maximum Gasteiger partial charge on any atom is 0.339 e. The highest BCUT2D eigenvalue weighted by Gasteiger charge is 2.15. The minimum Gasteiger partial charge on any atom is -0.478 e. The topological polar surface area (TPSA) is 62.2 Å². The van der Waals surface area contributed by atoms with Gasteiger partial charge in [-0.3, -0.25) is 0 Å². The highest BCUT2D eigenvalue weighted by molar-refractivity contribution is 7.09. The van der Waals surface area contributed by atoms with E-state index in [1.807, 2.05) is 12.3 Å². The van der Waals surface area contributed by atoms with Crippen LogP contribution >= 0.6 is 22.9 Å². The first kappa shape index (κ1) is 13.8. The van der Waals surface area contributed by atoms with Crippen LogP contribution < -0.4 is 5.32 Å². The van der Waals surface area contributed by atoms with Gasteiger partial charge in [-0.1, -0.05) is 24.6 Å². The van der Waals surface area contributed by atoms with Crippen LogP contribution in [0.15, 0.2) is 29.8 Å². The van der Waals surface area contributed by atoms with Gasteiger partial charge in [0.05, 0.1) is 15.7 Å². The second-order valence-electron chi connectivity index (χ2n) is 4.12. The fraction of sp³-hybridized carbons (Fsp3) is 0.231. The van der Waals surface area contributed by atoms with Crippen LogP contribution in [0.4, 0.5) is 5.69 Å². The van der Waals surface area contributed by atoms with E-state index < -0.39 is 5.97 Å². The third-order valence-electron chi connectivity index (χ3n) is 2.70. The lowest BCUT2D eigenvalue weighted by molar-refractivity contribution is 0.0698. The Bertz CT molecular complexity index is 572. The van der Waals surface area contributed by atoms with E-state index in [0.29, 0.717) is 12.2 Å². The van der Waals surface area contributed by atoms with E-state index in [1.54, 1.807) is 35.7 Å². The molecule has 1 heterocycles. The predicted octanol–water partition coefficient (Wildman–Crippen LogP) is 3.71. The summed E-state index contributed by atoms with van der Waals surface area (Å²) in [5, 5.41) is 15.5. The number of hydrogen-bond donors (Lipinski definition) is 2. The second kappa shape index (κ2) is 6.04. The number of nitrogens with one attached hydrogen (secondary N) is 1. The number of carboxylic acid groups (broad SMARTS) is 1. The maximum atomic E-state index is 11.2. The molecule has 0 aliphatic heterocycles.